The summed E-state index contributed by atoms with van der Waals surface area (Å²) < 4.78 is 33.2. The van der Waals surface area contributed by atoms with Crippen LogP contribution in [0.15, 0.2) is 55.0 Å². The van der Waals surface area contributed by atoms with Crippen LogP contribution in [0.3, 0.4) is 0 Å². The molecule has 4 heterocycles. The van der Waals surface area contributed by atoms with E-state index in [9.17, 15) is 8.42 Å². The highest BCUT2D eigenvalue weighted by molar-refractivity contribution is 7.92. The van der Waals surface area contributed by atoms with Crippen molar-refractivity contribution < 1.29 is 13.2 Å². The van der Waals surface area contributed by atoms with Gasteiger partial charge in [-0.3, -0.25) is 8.87 Å². The third-order valence-electron chi connectivity index (χ3n) is 5.63. The van der Waals surface area contributed by atoms with Gasteiger partial charge in [-0.05, 0) is 55.3 Å². The van der Waals surface area contributed by atoms with Gasteiger partial charge in [0.1, 0.15) is 11.8 Å². The van der Waals surface area contributed by atoms with E-state index in [4.69, 9.17) is 15.5 Å². The lowest BCUT2D eigenvalue weighted by atomic mass is 10.1. The summed E-state index contributed by atoms with van der Waals surface area (Å²) in [5.41, 5.74) is 11.1. The Labute approximate surface area is 191 Å². The van der Waals surface area contributed by atoms with Gasteiger partial charge >= 0.3 is 0 Å². The largest absolute Gasteiger partial charge is 0.478 e. The number of ether oxygens (including phenoxy) is 1. The first-order valence-corrected chi connectivity index (χ1v) is 12.5. The molecule has 9 nitrogen and oxygen atoms in total. The van der Waals surface area contributed by atoms with Crippen molar-refractivity contribution in [1.82, 2.24) is 19.5 Å². The second-order valence-corrected chi connectivity index (χ2v) is 9.83. The standard InChI is InChI=1S/C23H24N6O3S/c1-33(30,31)29-11-9-16-3-5-18(13-21(16)29)28-15-26-20-7-6-19(27-23(20)28)17-4-8-22(25-14-17)32-12-2-10-24/h3-8,13-15H,2,9-12,24H2,1H3. The van der Waals surface area contributed by atoms with Crippen LogP contribution in [0.2, 0.25) is 0 Å². The number of aromatic nitrogens is 4. The summed E-state index contributed by atoms with van der Waals surface area (Å²) in [7, 11) is -3.33. The van der Waals surface area contributed by atoms with Gasteiger partial charge in [-0.1, -0.05) is 6.07 Å². The minimum Gasteiger partial charge on any atom is -0.478 e. The molecule has 0 radical (unpaired) electrons. The predicted molar refractivity (Wildman–Crippen MR) is 127 cm³/mol. The zero-order valence-electron chi connectivity index (χ0n) is 18.2. The number of hydrogen-bond donors (Lipinski definition) is 1. The highest BCUT2D eigenvalue weighted by Crippen LogP contribution is 2.33. The number of sulfonamides is 1. The van der Waals surface area contributed by atoms with Crippen LogP contribution in [-0.2, 0) is 16.4 Å². The Kier molecular flexibility index (Phi) is 5.47. The molecular weight excluding hydrogens is 440 g/mol. The van der Waals surface area contributed by atoms with Crippen LogP contribution < -0.4 is 14.8 Å². The summed E-state index contributed by atoms with van der Waals surface area (Å²) in [4.78, 5) is 13.6. The summed E-state index contributed by atoms with van der Waals surface area (Å²) in [6.45, 7) is 1.57. The normalized spacial score (nSPS) is 13.5. The zero-order valence-corrected chi connectivity index (χ0v) is 19.0. The number of anilines is 1. The van der Waals surface area contributed by atoms with Crippen LogP contribution >= 0.6 is 0 Å². The number of rotatable bonds is 7. The molecule has 0 unspecified atom stereocenters. The van der Waals surface area contributed by atoms with Gasteiger partial charge in [0.15, 0.2) is 5.65 Å². The van der Waals surface area contributed by atoms with Gasteiger partial charge in [-0.25, -0.2) is 23.4 Å². The fraction of sp³-hybridized carbons (Fsp3) is 0.261. The molecule has 5 rings (SSSR count). The predicted octanol–water partition coefficient (Wildman–Crippen LogP) is 2.53. The SMILES string of the molecule is CS(=O)(=O)N1CCc2ccc(-n3cnc4ccc(-c5ccc(OCCCN)nc5)nc43)cc21. The summed E-state index contributed by atoms with van der Waals surface area (Å²) in [5, 5.41) is 0. The molecule has 2 N–H and O–H groups in total. The average Bonchev–Trinajstić information content (AvgIpc) is 3.43. The number of imidazole rings is 1. The van der Waals surface area contributed by atoms with E-state index in [-0.39, 0.29) is 0 Å². The average molecular weight is 465 g/mol. The molecule has 0 aliphatic carbocycles. The molecule has 1 aliphatic rings. The van der Waals surface area contributed by atoms with Crippen molar-refractivity contribution in [1.29, 1.82) is 0 Å². The number of hydrogen-bond acceptors (Lipinski definition) is 7. The molecule has 0 saturated heterocycles. The maximum absolute atomic E-state index is 12.2. The number of fused-ring (bicyclic) bond motifs is 2. The molecule has 0 saturated carbocycles. The fourth-order valence-corrected chi connectivity index (χ4v) is 4.90. The van der Waals surface area contributed by atoms with Crippen LogP contribution in [0.5, 0.6) is 5.88 Å². The van der Waals surface area contributed by atoms with E-state index in [2.05, 4.69) is 9.97 Å². The lowest BCUT2D eigenvalue weighted by Gasteiger charge is -2.17. The van der Waals surface area contributed by atoms with Crippen LogP contribution in [-0.4, -0.2) is 53.9 Å². The number of nitrogens with two attached hydrogens (primary N) is 1. The number of nitrogens with zero attached hydrogens (tertiary/aromatic N) is 5. The molecular formula is C23H24N6O3S. The van der Waals surface area contributed by atoms with Crippen LogP contribution in [0, 0.1) is 0 Å². The highest BCUT2D eigenvalue weighted by Gasteiger charge is 2.26. The van der Waals surface area contributed by atoms with E-state index in [0.717, 1.165) is 34.4 Å². The van der Waals surface area contributed by atoms with Crippen molar-refractivity contribution in [2.24, 2.45) is 5.73 Å². The topological polar surface area (TPSA) is 116 Å². The molecule has 0 amide bonds. The van der Waals surface area contributed by atoms with Crippen molar-refractivity contribution in [3.8, 4) is 22.8 Å². The molecule has 1 aromatic carbocycles. The minimum absolute atomic E-state index is 0.462. The smallest absolute Gasteiger partial charge is 0.232 e. The second kappa shape index (κ2) is 8.45. The Morgan fingerprint density at radius 1 is 1.12 bits per heavy atom. The number of benzene rings is 1. The van der Waals surface area contributed by atoms with Crippen molar-refractivity contribution in [2.45, 2.75) is 12.8 Å². The third-order valence-corrected chi connectivity index (χ3v) is 6.81. The van der Waals surface area contributed by atoms with Crippen molar-refractivity contribution in [3.05, 3.63) is 60.6 Å². The molecule has 0 bridgehead atoms. The van der Waals surface area contributed by atoms with Crippen molar-refractivity contribution in [2.75, 3.05) is 30.3 Å². The van der Waals surface area contributed by atoms with Crippen molar-refractivity contribution in [3.63, 3.8) is 0 Å². The minimum atomic E-state index is -3.33. The Hall–Kier alpha value is -3.50. The van der Waals surface area contributed by atoms with Gasteiger partial charge in [0.2, 0.25) is 15.9 Å². The van der Waals surface area contributed by atoms with E-state index >= 15 is 0 Å². The third kappa shape index (κ3) is 4.14. The van der Waals surface area contributed by atoms with E-state index in [1.165, 1.54) is 10.6 Å². The maximum atomic E-state index is 12.2. The van der Waals surface area contributed by atoms with Crippen LogP contribution in [0.1, 0.15) is 12.0 Å². The van der Waals surface area contributed by atoms with E-state index in [0.29, 0.717) is 43.3 Å². The molecule has 4 aromatic rings. The maximum Gasteiger partial charge on any atom is 0.232 e. The molecule has 170 valence electrons. The lowest BCUT2D eigenvalue weighted by Crippen LogP contribution is -2.27. The van der Waals surface area contributed by atoms with Gasteiger partial charge in [0.25, 0.3) is 0 Å². The Morgan fingerprint density at radius 3 is 2.76 bits per heavy atom. The first-order valence-electron chi connectivity index (χ1n) is 10.7. The molecule has 3 aromatic heterocycles. The Bertz CT molecular complexity index is 1420. The van der Waals surface area contributed by atoms with Gasteiger partial charge in [-0.15, -0.1) is 0 Å². The summed E-state index contributed by atoms with van der Waals surface area (Å²) in [6, 6.07) is 13.4. The molecule has 0 spiro atoms. The summed E-state index contributed by atoms with van der Waals surface area (Å²) in [5.74, 6) is 0.548. The van der Waals surface area contributed by atoms with Gasteiger partial charge in [-0.2, -0.15) is 0 Å². The quantitative estimate of drug-likeness (QED) is 0.418. The van der Waals surface area contributed by atoms with E-state index in [1.54, 1.807) is 12.5 Å². The summed E-state index contributed by atoms with van der Waals surface area (Å²) in [6.07, 6.45) is 6.14. The molecule has 0 fully saturated rings. The molecule has 0 atom stereocenters. The van der Waals surface area contributed by atoms with E-state index in [1.807, 2.05) is 47.0 Å². The van der Waals surface area contributed by atoms with Crippen molar-refractivity contribution >= 4 is 26.9 Å². The first kappa shape index (κ1) is 21.4. The molecule has 10 heteroatoms. The fourth-order valence-electron chi connectivity index (χ4n) is 3.95. The van der Waals surface area contributed by atoms with Crippen LogP contribution in [0.25, 0.3) is 28.1 Å². The molecule has 1 aliphatic heterocycles. The lowest BCUT2D eigenvalue weighted by molar-refractivity contribution is 0.301. The second-order valence-electron chi connectivity index (χ2n) is 7.93. The number of pyridine rings is 2. The van der Waals surface area contributed by atoms with Gasteiger partial charge in [0, 0.05) is 24.4 Å². The monoisotopic (exact) mass is 464 g/mol. The molecule has 33 heavy (non-hydrogen) atoms. The highest BCUT2D eigenvalue weighted by atomic mass is 32.2. The van der Waals surface area contributed by atoms with Gasteiger partial charge < -0.3 is 10.5 Å². The zero-order chi connectivity index (χ0) is 23.0. The Balaban J connectivity index is 1.49. The summed E-state index contributed by atoms with van der Waals surface area (Å²) >= 11 is 0. The first-order chi connectivity index (χ1) is 15.9. The van der Waals surface area contributed by atoms with Crippen LogP contribution in [0.4, 0.5) is 5.69 Å². The van der Waals surface area contributed by atoms with E-state index < -0.39 is 10.0 Å². The van der Waals surface area contributed by atoms with Gasteiger partial charge in [0.05, 0.1) is 29.9 Å². The Morgan fingerprint density at radius 2 is 2.00 bits per heavy atom.